The molecule has 3 N–H and O–H groups in total. The van der Waals surface area contributed by atoms with Crippen LogP contribution in [0.4, 0.5) is 5.82 Å². The van der Waals surface area contributed by atoms with Gasteiger partial charge < -0.3 is 15.4 Å². The van der Waals surface area contributed by atoms with Gasteiger partial charge in [0.25, 0.3) is 5.56 Å². The molecular weight excluding hydrogens is 498 g/mol. The zero-order chi connectivity index (χ0) is 27.2. The molecule has 1 aromatic carbocycles. The van der Waals surface area contributed by atoms with Crippen LogP contribution >= 0.6 is 0 Å². The molecule has 1 amide bonds. The highest BCUT2D eigenvalue weighted by Gasteiger charge is 2.17. The Morgan fingerprint density at radius 2 is 1.79 bits per heavy atom. The molecule has 11 heteroatoms. The maximum atomic E-state index is 12.1. The van der Waals surface area contributed by atoms with Gasteiger partial charge in [-0.25, -0.2) is 9.78 Å². The second kappa shape index (κ2) is 11.9. The fraction of sp³-hybridized carbons (Fsp3) is 0.321. The number of hydrogen-bond donors (Lipinski definition) is 2. The van der Waals surface area contributed by atoms with E-state index in [0.717, 1.165) is 74.5 Å². The minimum atomic E-state index is -0.508. The van der Waals surface area contributed by atoms with Gasteiger partial charge >= 0.3 is 5.69 Å². The SMILES string of the molecule is NC(=O)c1ccc(N2CCN(CCCCCOc3ccc4ncc(-n5ccc(=O)[nH]c5=O)cc4c3)CC2)nc1. The molecule has 1 saturated heterocycles. The van der Waals surface area contributed by atoms with E-state index >= 15 is 0 Å². The second-order valence-electron chi connectivity index (χ2n) is 9.54. The number of amides is 1. The van der Waals surface area contributed by atoms with Crippen molar-refractivity contribution in [1.29, 1.82) is 0 Å². The Kier molecular flexibility index (Phi) is 7.97. The Labute approximate surface area is 224 Å². The van der Waals surface area contributed by atoms with Crippen molar-refractivity contribution in [1.82, 2.24) is 24.4 Å². The Balaban J connectivity index is 1.04. The number of carbonyl (C=O) groups excluding carboxylic acids is 1. The molecule has 3 aromatic heterocycles. The Morgan fingerprint density at radius 1 is 0.949 bits per heavy atom. The summed E-state index contributed by atoms with van der Waals surface area (Å²) in [5.74, 6) is 1.17. The van der Waals surface area contributed by atoms with Crippen LogP contribution in [0.3, 0.4) is 0 Å². The summed E-state index contributed by atoms with van der Waals surface area (Å²) in [6.07, 6.45) is 7.71. The number of nitrogens with one attached hydrogen (secondary N) is 1. The minimum absolute atomic E-state index is 0.425. The number of piperazine rings is 1. The lowest BCUT2D eigenvalue weighted by Gasteiger charge is -2.35. The summed E-state index contributed by atoms with van der Waals surface area (Å²) in [7, 11) is 0. The molecule has 1 fully saturated rings. The number of rotatable bonds is 10. The third-order valence-corrected chi connectivity index (χ3v) is 6.86. The maximum absolute atomic E-state index is 12.1. The Bertz CT molecular complexity index is 1560. The van der Waals surface area contributed by atoms with Crippen molar-refractivity contribution in [2.24, 2.45) is 5.73 Å². The normalized spacial score (nSPS) is 14.0. The molecule has 0 saturated carbocycles. The molecule has 0 aliphatic carbocycles. The molecule has 4 aromatic rings. The highest BCUT2D eigenvalue weighted by atomic mass is 16.5. The average molecular weight is 530 g/mol. The lowest BCUT2D eigenvalue weighted by atomic mass is 10.2. The first kappa shape index (κ1) is 26.1. The third-order valence-electron chi connectivity index (χ3n) is 6.86. The van der Waals surface area contributed by atoms with Gasteiger partial charge in [-0.05, 0) is 62.2 Å². The number of benzene rings is 1. The van der Waals surface area contributed by atoms with E-state index in [4.69, 9.17) is 10.5 Å². The maximum Gasteiger partial charge on any atom is 0.332 e. The molecule has 0 unspecified atom stereocenters. The summed E-state index contributed by atoms with van der Waals surface area (Å²) >= 11 is 0. The van der Waals surface area contributed by atoms with Gasteiger partial charge in [0.15, 0.2) is 0 Å². The third kappa shape index (κ3) is 6.50. The number of carbonyl (C=O) groups is 1. The number of aromatic nitrogens is 4. The largest absolute Gasteiger partial charge is 0.494 e. The van der Waals surface area contributed by atoms with Crippen molar-refractivity contribution in [2.75, 3.05) is 44.2 Å². The van der Waals surface area contributed by atoms with Crippen LogP contribution in [0.2, 0.25) is 0 Å². The highest BCUT2D eigenvalue weighted by molar-refractivity contribution is 5.92. The standard InChI is InChI=1S/C28H31N7O4/c29-27(37)20-4-7-25(31-18-20)34-13-11-33(12-14-34)9-2-1-3-15-39-23-5-6-24-21(17-23)16-22(19-30-24)35-10-8-26(36)32-28(35)38/h4-8,10,16-19H,1-3,9,11-15H2,(H2,29,37)(H,32,36,38). The first-order valence-electron chi connectivity index (χ1n) is 13.0. The first-order valence-corrected chi connectivity index (χ1v) is 13.0. The summed E-state index contributed by atoms with van der Waals surface area (Å²) < 4.78 is 7.33. The lowest BCUT2D eigenvalue weighted by Crippen LogP contribution is -2.46. The van der Waals surface area contributed by atoms with Gasteiger partial charge in [0, 0.05) is 50.0 Å². The number of unbranched alkanes of at least 4 members (excludes halogenated alkanes) is 2. The first-order chi connectivity index (χ1) is 19.0. The van der Waals surface area contributed by atoms with Crippen LogP contribution in [0.25, 0.3) is 16.6 Å². The molecule has 4 heterocycles. The van der Waals surface area contributed by atoms with Crippen LogP contribution in [0.1, 0.15) is 29.6 Å². The molecule has 5 rings (SSSR count). The summed E-state index contributed by atoms with van der Waals surface area (Å²) in [6.45, 7) is 5.44. The van der Waals surface area contributed by atoms with E-state index in [1.165, 1.54) is 23.0 Å². The topological polar surface area (TPSA) is 139 Å². The van der Waals surface area contributed by atoms with Crippen LogP contribution in [0.5, 0.6) is 5.75 Å². The van der Waals surface area contributed by atoms with E-state index in [9.17, 15) is 14.4 Å². The molecule has 0 atom stereocenters. The molecule has 0 spiro atoms. The smallest absolute Gasteiger partial charge is 0.332 e. The van der Waals surface area contributed by atoms with Gasteiger partial charge in [0.1, 0.15) is 11.6 Å². The summed E-state index contributed by atoms with van der Waals surface area (Å²) in [4.78, 5) is 50.4. The molecule has 0 bridgehead atoms. The van der Waals surface area contributed by atoms with E-state index in [2.05, 4.69) is 24.8 Å². The summed E-state index contributed by atoms with van der Waals surface area (Å²) in [6, 6.07) is 12.4. The number of nitrogens with two attached hydrogens (primary N) is 1. The Morgan fingerprint density at radius 3 is 2.54 bits per heavy atom. The van der Waals surface area contributed by atoms with Crippen molar-refractivity contribution in [2.45, 2.75) is 19.3 Å². The zero-order valence-electron chi connectivity index (χ0n) is 21.6. The number of fused-ring (bicyclic) bond motifs is 1. The van der Waals surface area contributed by atoms with Crippen molar-refractivity contribution < 1.29 is 9.53 Å². The molecule has 0 radical (unpaired) electrons. The molecule has 11 nitrogen and oxygen atoms in total. The quantitative estimate of drug-likeness (QED) is 0.297. The number of primary amides is 1. The van der Waals surface area contributed by atoms with Crippen LogP contribution < -0.4 is 26.6 Å². The predicted octanol–water partition coefficient (Wildman–Crippen LogP) is 1.94. The van der Waals surface area contributed by atoms with Crippen molar-refractivity contribution in [3.05, 3.63) is 87.5 Å². The number of anilines is 1. The van der Waals surface area contributed by atoms with Gasteiger partial charge in [-0.15, -0.1) is 0 Å². The fourth-order valence-electron chi connectivity index (χ4n) is 4.66. The average Bonchev–Trinajstić information content (AvgIpc) is 2.95. The molecule has 1 aliphatic rings. The van der Waals surface area contributed by atoms with Crippen LogP contribution in [-0.2, 0) is 0 Å². The minimum Gasteiger partial charge on any atom is -0.494 e. The Hall–Kier alpha value is -4.51. The number of aromatic amines is 1. The number of ether oxygens (including phenoxy) is 1. The number of nitrogens with zero attached hydrogens (tertiary/aromatic N) is 5. The predicted molar refractivity (Wildman–Crippen MR) is 149 cm³/mol. The van der Waals surface area contributed by atoms with Crippen LogP contribution in [0, 0.1) is 0 Å². The van der Waals surface area contributed by atoms with E-state index < -0.39 is 17.2 Å². The van der Waals surface area contributed by atoms with Gasteiger partial charge in [-0.3, -0.25) is 29.0 Å². The van der Waals surface area contributed by atoms with E-state index in [1.54, 1.807) is 12.3 Å². The molecule has 202 valence electrons. The van der Waals surface area contributed by atoms with Crippen molar-refractivity contribution in [3.8, 4) is 11.4 Å². The van der Waals surface area contributed by atoms with E-state index in [-0.39, 0.29) is 0 Å². The van der Waals surface area contributed by atoms with Crippen LogP contribution in [-0.4, -0.2) is 69.7 Å². The van der Waals surface area contributed by atoms with Gasteiger partial charge in [0.2, 0.25) is 5.91 Å². The number of pyridine rings is 2. The monoisotopic (exact) mass is 529 g/mol. The van der Waals surface area contributed by atoms with Gasteiger partial charge in [0.05, 0.1) is 29.6 Å². The zero-order valence-corrected chi connectivity index (χ0v) is 21.6. The second-order valence-corrected chi connectivity index (χ2v) is 9.54. The fourth-order valence-corrected chi connectivity index (χ4v) is 4.66. The van der Waals surface area contributed by atoms with Gasteiger partial charge in [-0.1, -0.05) is 0 Å². The summed E-state index contributed by atoms with van der Waals surface area (Å²) in [5.41, 5.74) is 6.13. The van der Waals surface area contributed by atoms with Crippen molar-refractivity contribution in [3.63, 3.8) is 0 Å². The molecule has 1 aliphatic heterocycles. The molecular formula is C28H31N7O4. The van der Waals surface area contributed by atoms with Crippen LogP contribution in [0.15, 0.2) is 70.6 Å². The lowest BCUT2D eigenvalue weighted by molar-refractivity contribution is 0.1000. The number of hydrogen-bond acceptors (Lipinski definition) is 8. The highest BCUT2D eigenvalue weighted by Crippen LogP contribution is 2.22. The van der Waals surface area contributed by atoms with E-state index in [1.807, 2.05) is 30.3 Å². The van der Waals surface area contributed by atoms with Crippen molar-refractivity contribution >= 4 is 22.6 Å². The molecule has 39 heavy (non-hydrogen) atoms. The van der Waals surface area contributed by atoms with E-state index in [0.29, 0.717) is 17.9 Å². The number of H-pyrrole nitrogens is 1. The van der Waals surface area contributed by atoms with Gasteiger partial charge in [-0.2, -0.15) is 0 Å². The summed E-state index contributed by atoms with van der Waals surface area (Å²) in [5, 5.41) is 0.848.